The van der Waals surface area contributed by atoms with E-state index in [4.69, 9.17) is 4.74 Å². The van der Waals surface area contributed by atoms with Gasteiger partial charge in [-0.05, 0) is 33.2 Å². The van der Waals surface area contributed by atoms with Crippen molar-refractivity contribution >= 4 is 0 Å². The van der Waals surface area contributed by atoms with E-state index in [1.807, 2.05) is 0 Å². The molecule has 0 saturated heterocycles. The number of nitrogens with one attached hydrogen (secondary N) is 1. The highest BCUT2D eigenvalue weighted by atomic mass is 16.5. The summed E-state index contributed by atoms with van der Waals surface area (Å²) in [6.07, 6.45) is 9.62. The maximum absolute atomic E-state index is 5.72. The molecule has 0 aliphatic rings. The van der Waals surface area contributed by atoms with Crippen LogP contribution in [0.15, 0.2) is 0 Å². The van der Waals surface area contributed by atoms with Gasteiger partial charge in [0.1, 0.15) is 0 Å². The van der Waals surface area contributed by atoms with Gasteiger partial charge in [0.25, 0.3) is 0 Å². The van der Waals surface area contributed by atoms with Crippen LogP contribution in [-0.2, 0) is 4.74 Å². The largest absolute Gasteiger partial charge is 0.377 e. The zero-order valence-corrected chi connectivity index (χ0v) is 12.4. The predicted molar refractivity (Wildman–Crippen MR) is 76.5 cm³/mol. The molecule has 0 aromatic carbocycles. The highest BCUT2D eigenvalue weighted by Gasteiger charge is 2.08. The number of unbranched alkanes of at least 4 members (excludes halogenated alkanes) is 4. The highest BCUT2D eigenvalue weighted by molar-refractivity contribution is 4.66. The Balaban J connectivity index is 3.61. The fourth-order valence-corrected chi connectivity index (χ4v) is 1.90. The van der Waals surface area contributed by atoms with E-state index in [-0.39, 0.29) is 0 Å². The average molecular weight is 243 g/mol. The molecular formula is C15H33NO. The van der Waals surface area contributed by atoms with Crippen molar-refractivity contribution in [2.45, 2.75) is 84.8 Å². The first-order valence-electron chi connectivity index (χ1n) is 7.55. The van der Waals surface area contributed by atoms with Gasteiger partial charge in [-0.3, -0.25) is 0 Å². The molecule has 0 spiro atoms. The lowest BCUT2D eigenvalue weighted by molar-refractivity contribution is 0.0590. The molecule has 0 aromatic rings. The van der Waals surface area contributed by atoms with Crippen molar-refractivity contribution < 1.29 is 4.74 Å². The maximum Gasteiger partial charge on any atom is 0.0623 e. The van der Waals surface area contributed by atoms with Crippen molar-refractivity contribution in [3.63, 3.8) is 0 Å². The van der Waals surface area contributed by atoms with Gasteiger partial charge >= 0.3 is 0 Å². The summed E-state index contributed by atoms with van der Waals surface area (Å²) in [5.74, 6) is 0. The van der Waals surface area contributed by atoms with Crippen LogP contribution in [0, 0.1) is 0 Å². The number of hydrogen-bond donors (Lipinski definition) is 1. The monoisotopic (exact) mass is 243 g/mol. The second-order valence-electron chi connectivity index (χ2n) is 5.24. The molecule has 2 heteroatoms. The number of rotatable bonds is 12. The standard InChI is InChI=1S/C15H33NO/c1-5-7-8-9-10-11-15(16-12-6-2)13-17-14(3)4/h14-16H,5-13H2,1-4H3. The Bertz CT molecular complexity index is 148. The molecule has 1 atom stereocenters. The highest BCUT2D eigenvalue weighted by Crippen LogP contribution is 2.08. The van der Waals surface area contributed by atoms with E-state index in [0.29, 0.717) is 12.1 Å². The molecule has 0 aromatic heterocycles. The Labute approximate surface area is 109 Å². The molecule has 104 valence electrons. The quantitative estimate of drug-likeness (QED) is 0.520. The summed E-state index contributed by atoms with van der Waals surface area (Å²) < 4.78 is 5.72. The summed E-state index contributed by atoms with van der Waals surface area (Å²) in [4.78, 5) is 0. The fraction of sp³-hybridized carbons (Fsp3) is 1.00. The number of hydrogen-bond acceptors (Lipinski definition) is 2. The third-order valence-corrected chi connectivity index (χ3v) is 2.97. The first kappa shape index (κ1) is 16.9. The minimum atomic E-state index is 0.348. The lowest BCUT2D eigenvalue weighted by atomic mass is 10.1. The Hall–Kier alpha value is -0.0800. The fourth-order valence-electron chi connectivity index (χ4n) is 1.90. The van der Waals surface area contributed by atoms with Crippen LogP contribution in [0.1, 0.15) is 72.6 Å². The Kier molecular flexibility index (Phi) is 12.3. The molecule has 1 N–H and O–H groups in total. The van der Waals surface area contributed by atoms with Crippen molar-refractivity contribution in [1.29, 1.82) is 0 Å². The van der Waals surface area contributed by atoms with Gasteiger partial charge in [-0.2, -0.15) is 0 Å². The minimum absolute atomic E-state index is 0.348. The molecule has 0 aliphatic heterocycles. The Morgan fingerprint density at radius 3 is 2.24 bits per heavy atom. The molecule has 0 bridgehead atoms. The zero-order valence-electron chi connectivity index (χ0n) is 12.4. The van der Waals surface area contributed by atoms with Crippen LogP contribution >= 0.6 is 0 Å². The summed E-state index contributed by atoms with van der Waals surface area (Å²) in [5, 5.41) is 3.59. The molecular weight excluding hydrogens is 210 g/mol. The van der Waals surface area contributed by atoms with Gasteiger partial charge in [0.05, 0.1) is 12.7 Å². The molecule has 0 saturated carbocycles. The van der Waals surface area contributed by atoms with Gasteiger partial charge in [-0.15, -0.1) is 0 Å². The van der Waals surface area contributed by atoms with Crippen LogP contribution in [0.2, 0.25) is 0 Å². The molecule has 0 fully saturated rings. The molecule has 17 heavy (non-hydrogen) atoms. The van der Waals surface area contributed by atoms with E-state index in [1.165, 1.54) is 44.9 Å². The van der Waals surface area contributed by atoms with Gasteiger partial charge < -0.3 is 10.1 Å². The molecule has 0 radical (unpaired) electrons. The van der Waals surface area contributed by atoms with Crippen LogP contribution in [0.3, 0.4) is 0 Å². The zero-order chi connectivity index (χ0) is 12.9. The van der Waals surface area contributed by atoms with Gasteiger partial charge in [0.2, 0.25) is 0 Å². The van der Waals surface area contributed by atoms with Crippen LogP contribution in [0.25, 0.3) is 0 Å². The normalized spacial score (nSPS) is 13.2. The maximum atomic E-state index is 5.72. The molecule has 0 amide bonds. The Morgan fingerprint density at radius 2 is 1.65 bits per heavy atom. The first-order chi connectivity index (χ1) is 8.20. The van der Waals surface area contributed by atoms with E-state index >= 15 is 0 Å². The van der Waals surface area contributed by atoms with Crippen molar-refractivity contribution in [2.75, 3.05) is 13.2 Å². The molecule has 0 heterocycles. The summed E-state index contributed by atoms with van der Waals surface area (Å²) in [6.45, 7) is 10.7. The SMILES string of the molecule is CCCCCCCC(COC(C)C)NCCC. The van der Waals surface area contributed by atoms with Crippen molar-refractivity contribution in [1.82, 2.24) is 5.32 Å². The molecule has 0 rings (SSSR count). The van der Waals surface area contributed by atoms with E-state index in [1.54, 1.807) is 0 Å². The minimum Gasteiger partial charge on any atom is -0.377 e. The second kappa shape index (κ2) is 12.4. The molecule has 0 aliphatic carbocycles. The average Bonchev–Trinajstić information content (AvgIpc) is 2.31. The topological polar surface area (TPSA) is 21.3 Å². The summed E-state index contributed by atoms with van der Waals surface area (Å²) in [5.41, 5.74) is 0. The van der Waals surface area contributed by atoms with E-state index in [0.717, 1.165) is 13.2 Å². The molecule has 1 unspecified atom stereocenters. The van der Waals surface area contributed by atoms with Crippen molar-refractivity contribution in [3.05, 3.63) is 0 Å². The third kappa shape index (κ3) is 12.2. The molecule has 2 nitrogen and oxygen atoms in total. The predicted octanol–water partition coefficient (Wildman–Crippen LogP) is 4.14. The van der Waals surface area contributed by atoms with Crippen LogP contribution in [0.5, 0.6) is 0 Å². The van der Waals surface area contributed by atoms with Crippen LogP contribution in [-0.4, -0.2) is 25.3 Å². The van der Waals surface area contributed by atoms with Gasteiger partial charge in [0.15, 0.2) is 0 Å². The van der Waals surface area contributed by atoms with Gasteiger partial charge in [-0.1, -0.05) is 46.0 Å². The lowest BCUT2D eigenvalue weighted by Gasteiger charge is -2.20. The lowest BCUT2D eigenvalue weighted by Crippen LogP contribution is -2.34. The summed E-state index contributed by atoms with van der Waals surface area (Å²) >= 11 is 0. The summed E-state index contributed by atoms with van der Waals surface area (Å²) in [7, 11) is 0. The van der Waals surface area contributed by atoms with Gasteiger partial charge in [0, 0.05) is 6.04 Å². The summed E-state index contributed by atoms with van der Waals surface area (Å²) in [6, 6.07) is 0.555. The third-order valence-electron chi connectivity index (χ3n) is 2.97. The van der Waals surface area contributed by atoms with E-state index < -0.39 is 0 Å². The number of ether oxygens (including phenoxy) is 1. The van der Waals surface area contributed by atoms with Crippen molar-refractivity contribution in [2.24, 2.45) is 0 Å². The van der Waals surface area contributed by atoms with E-state index in [9.17, 15) is 0 Å². The Morgan fingerprint density at radius 1 is 0.941 bits per heavy atom. The van der Waals surface area contributed by atoms with Crippen LogP contribution in [0.4, 0.5) is 0 Å². The van der Waals surface area contributed by atoms with Crippen molar-refractivity contribution in [3.8, 4) is 0 Å². The van der Waals surface area contributed by atoms with E-state index in [2.05, 4.69) is 33.0 Å². The first-order valence-corrected chi connectivity index (χ1v) is 7.55. The van der Waals surface area contributed by atoms with Crippen LogP contribution < -0.4 is 5.32 Å². The smallest absolute Gasteiger partial charge is 0.0623 e. The second-order valence-corrected chi connectivity index (χ2v) is 5.24. The van der Waals surface area contributed by atoms with Gasteiger partial charge in [-0.25, -0.2) is 0 Å².